The maximum absolute atomic E-state index is 12.7. The molecule has 0 radical (unpaired) electrons. The van der Waals surface area contributed by atoms with E-state index in [4.69, 9.17) is 9.47 Å². The van der Waals surface area contributed by atoms with Crippen LogP contribution in [0.3, 0.4) is 0 Å². The van der Waals surface area contributed by atoms with Crippen molar-refractivity contribution in [3.8, 4) is 0 Å². The maximum Gasteiger partial charge on any atom is 0.243 e. The first kappa shape index (κ1) is 25.1. The van der Waals surface area contributed by atoms with E-state index in [9.17, 15) is 18.0 Å². The maximum atomic E-state index is 12.7. The van der Waals surface area contributed by atoms with Crippen LogP contribution >= 0.6 is 0 Å². The van der Waals surface area contributed by atoms with Gasteiger partial charge in [0.1, 0.15) is 0 Å². The van der Waals surface area contributed by atoms with Crippen molar-refractivity contribution in [3.05, 3.63) is 29.8 Å². The van der Waals surface area contributed by atoms with Crippen LogP contribution < -0.4 is 0 Å². The van der Waals surface area contributed by atoms with E-state index in [0.29, 0.717) is 85.1 Å². The molecule has 0 aliphatic carbocycles. The number of ether oxygens (including phenoxy) is 2. The first-order valence-electron chi connectivity index (χ1n) is 12.0. The predicted molar refractivity (Wildman–Crippen MR) is 125 cm³/mol. The highest BCUT2D eigenvalue weighted by atomic mass is 32.2. The molecule has 34 heavy (non-hydrogen) atoms. The van der Waals surface area contributed by atoms with Crippen molar-refractivity contribution >= 4 is 21.8 Å². The third-order valence-electron chi connectivity index (χ3n) is 6.61. The van der Waals surface area contributed by atoms with E-state index in [1.54, 1.807) is 24.3 Å². The second-order valence-corrected chi connectivity index (χ2v) is 10.7. The number of hydrogen-bond acceptors (Lipinski definition) is 7. The number of morpholine rings is 2. The standard InChI is InChI=1S/C23H34N4O6S/c28-22(25-7-9-26(10-8-25)23(29)19-24-11-15-32-16-12-24)6-3-20-1-4-21(5-2-20)34(30,31)27-13-17-33-18-14-27/h1-2,4-5H,3,6-19H2. The molecule has 3 aliphatic rings. The highest BCUT2D eigenvalue weighted by Crippen LogP contribution is 2.18. The summed E-state index contributed by atoms with van der Waals surface area (Å²) in [5.74, 6) is 0.173. The van der Waals surface area contributed by atoms with Gasteiger partial charge in [-0.3, -0.25) is 14.5 Å². The molecule has 0 N–H and O–H groups in total. The molecular weight excluding hydrogens is 460 g/mol. The van der Waals surface area contributed by atoms with Crippen LogP contribution in [0.5, 0.6) is 0 Å². The van der Waals surface area contributed by atoms with Crippen LogP contribution in [0.25, 0.3) is 0 Å². The van der Waals surface area contributed by atoms with Crippen molar-refractivity contribution in [3.63, 3.8) is 0 Å². The fourth-order valence-corrected chi connectivity index (χ4v) is 5.84. The van der Waals surface area contributed by atoms with E-state index >= 15 is 0 Å². The van der Waals surface area contributed by atoms with Gasteiger partial charge in [0.15, 0.2) is 0 Å². The molecule has 10 nitrogen and oxygen atoms in total. The van der Waals surface area contributed by atoms with Crippen LogP contribution in [0.4, 0.5) is 0 Å². The summed E-state index contributed by atoms with van der Waals surface area (Å²) in [4.78, 5) is 31.3. The minimum atomic E-state index is -3.51. The molecule has 2 amide bonds. The first-order valence-corrected chi connectivity index (χ1v) is 13.4. The Morgan fingerprint density at radius 2 is 1.26 bits per heavy atom. The Morgan fingerprint density at radius 3 is 1.85 bits per heavy atom. The second-order valence-electron chi connectivity index (χ2n) is 8.81. The molecule has 0 atom stereocenters. The zero-order chi connectivity index (χ0) is 24.0. The predicted octanol–water partition coefficient (Wildman–Crippen LogP) is -0.357. The summed E-state index contributed by atoms with van der Waals surface area (Å²) in [6, 6.07) is 6.79. The number of sulfonamides is 1. The third kappa shape index (κ3) is 6.33. The van der Waals surface area contributed by atoms with Crippen molar-refractivity contribution in [1.82, 2.24) is 19.0 Å². The quantitative estimate of drug-likeness (QED) is 0.511. The number of rotatable bonds is 7. The normalized spacial score (nSPS) is 20.9. The molecule has 11 heteroatoms. The van der Waals surface area contributed by atoms with E-state index in [1.807, 2.05) is 9.80 Å². The van der Waals surface area contributed by atoms with Gasteiger partial charge in [0.05, 0.1) is 37.9 Å². The summed E-state index contributed by atoms with van der Waals surface area (Å²) in [7, 11) is -3.51. The molecule has 3 heterocycles. The lowest BCUT2D eigenvalue weighted by atomic mass is 10.1. The largest absolute Gasteiger partial charge is 0.379 e. The van der Waals surface area contributed by atoms with Gasteiger partial charge in [0, 0.05) is 58.8 Å². The number of hydrogen-bond donors (Lipinski definition) is 0. The minimum Gasteiger partial charge on any atom is -0.379 e. The van der Waals surface area contributed by atoms with Crippen LogP contribution in [0, 0.1) is 0 Å². The smallest absolute Gasteiger partial charge is 0.243 e. The van der Waals surface area contributed by atoms with Gasteiger partial charge in [-0.25, -0.2) is 8.42 Å². The fourth-order valence-electron chi connectivity index (χ4n) is 4.43. The summed E-state index contributed by atoms with van der Waals surface area (Å²) in [6.07, 6.45) is 0.907. The average Bonchev–Trinajstić information content (AvgIpc) is 2.88. The second kappa shape index (κ2) is 11.6. The molecule has 0 bridgehead atoms. The van der Waals surface area contributed by atoms with E-state index < -0.39 is 10.0 Å². The molecule has 0 aromatic heterocycles. The monoisotopic (exact) mass is 494 g/mol. The lowest BCUT2D eigenvalue weighted by Crippen LogP contribution is -2.53. The highest BCUT2D eigenvalue weighted by molar-refractivity contribution is 7.89. The molecule has 0 spiro atoms. The van der Waals surface area contributed by atoms with Gasteiger partial charge in [-0.1, -0.05) is 12.1 Å². The first-order chi connectivity index (χ1) is 16.4. The number of amides is 2. The van der Waals surface area contributed by atoms with Crippen molar-refractivity contribution in [2.45, 2.75) is 17.7 Å². The summed E-state index contributed by atoms with van der Waals surface area (Å²) in [5.41, 5.74) is 0.925. The average molecular weight is 495 g/mol. The Hall–Kier alpha value is -2.05. The van der Waals surface area contributed by atoms with Crippen LogP contribution in [0.15, 0.2) is 29.2 Å². The molecule has 1 aromatic carbocycles. The van der Waals surface area contributed by atoms with Crippen molar-refractivity contribution in [2.24, 2.45) is 0 Å². The summed E-state index contributed by atoms with van der Waals surface area (Å²) in [6.45, 7) is 7.08. The lowest BCUT2D eigenvalue weighted by Gasteiger charge is -2.36. The molecule has 1 aromatic rings. The number of carbonyl (C=O) groups is 2. The zero-order valence-electron chi connectivity index (χ0n) is 19.6. The number of carbonyl (C=O) groups excluding carboxylic acids is 2. The van der Waals surface area contributed by atoms with Gasteiger partial charge in [0.2, 0.25) is 21.8 Å². The number of nitrogens with zero attached hydrogens (tertiary/aromatic N) is 4. The summed E-state index contributed by atoms with van der Waals surface area (Å²) < 4.78 is 37.5. The third-order valence-corrected chi connectivity index (χ3v) is 8.52. The molecule has 3 saturated heterocycles. The SMILES string of the molecule is O=C(CCc1ccc(S(=O)(=O)N2CCOCC2)cc1)N1CCN(C(=O)CN2CCOCC2)CC1. The fraction of sp³-hybridized carbons (Fsp3) is 0.652. The molecule has 3 aliphatic heterocycles. The van der Waals surface area contributed by atoms with Gasteiger partial charge in [0.25, 0.3) is 0 Å². The van der Waals surface area contributed by atoms with Crippen molar-refractivity contribution in [2.75, 3.05) is 85.3 Å². The molecular formula is C23H34N4O6S. The summed E-state index contributed by atoms with van der Waals surface area (Å²) >= 11 is 0. The number of benzene rings is 1. The Morgan fingerprint density at radius 1 is 0.735 bits per heavy atom. The Bertz CT molecular complexity index is 935. The number of aryl methyl sites for hydroxylation is 1. The van der Waals surface area contributed by atoms with Crippen LogP contribution in [0.2, 0.25) is 0 Å². The van der Waals surface area contributed by atoms with Crippen molar-refractivity contribution < 1.29 is 27.5 Å². The molecule has 4 rings (SSSR count). The van der Waals surface area contributed by atoms with Gasteiger partial charge < -0.3 is 19.3 Å². The highest BCUT2D eigenvalue weighted by Gasteiger charge is 2.27. The topological polar surface area (TPSA) is 99.7 Å². The van der Waals surface area contributed by atoms with Gasteiger partial charge in [-0.15, -0.1) is 0 Å². The molecule has 3 fully saturated rings. The Balaban J connectivity index is 1.21. The minimum absolute atomic E-state index is 0.0605. The van der Waals surface area contributed by atoms with Crippen molar-refractivity contribution in [1.29, 1.82) is 0 Å². The van der Waals surface area contributed by atoms with Crippen LogP contribution in [-0.2, 0) is 35.5 Å². The van der Waals surface area contributed by atoms with Crippen LogP contribution in [-0.4, -0.2) is 125 Å². The van der Waals surface area contributed by atoms with E-state index in [-0.39, 0.29) is 16.7 Å². The van der Waals surface area contributed by atoms with Gasteiger partial charge >= 0.3 is 0 Å². The summed E-state index contributed by atoms with van der Waals surface area (Å²) in [5, 5.41) is 0. The van der Waals surface area contributed by atoms with Gasteiger partial charge in [-0.2, -0.15) is 4.31 Å². The van der Waals surface area contributed by atoms with E-state index in [1.165, 1.54) is 4.31 Å². The molecule has 0 unspecified atom stereocenters. The van der Waals surface area contributed by atoms with E-state index in [0.717, 1.165) is 18.7 Å². The Labute approximate surface area is 201 Å². The van der Waals surface area contributed by atoms with Crippen LogP contribution in [0.1, 0.15) is 12.0 Å². The lowest BCUT2D eigenvalue weighted by molar-refractivity contribution is -0.140. The molecule has 0 saturated carbocycles. The van der Waals surface area contributed by atoms with E-state index in [2.05, 4.69) is 4.90 Å². The Kier molecular flexibility index (Phi) is 8.54. The zero-order valence-corrected chi connectivity index (χ0v) is 20.4. The van der Waals surface area contributed by atoms with Gasteiger partial charge in [-0.05, 0) is 24.1 Å². The molecule has 188 valence electrons. The number of piperazine rings is 1.